The lowest BCUT2D eigenvalue weighted by molar-refractivity contribution is -0.116. The van der Waals surface area contributed by atoms with Gasteiger partial charge in [-0.1, -0.05) is 17.7 Å². The molecule has 0 aliphatic heterocycles. The van der Waals surface area contributed by atoms with E-state index < -0.39 is 0 Å². The summed E-state index contributed by atoms with van der Waals surface area (Å²) in [5, 5.41) is 13.9. The van der Waals surface area contributed by atoms with E-state index in [4.69, 9.17) is 11.6 Å². The smallest absolute Gasteiger partial charge is 0.246 e. The second kappa shape index (κ2) is 5.66. The van der Waals surface area contributed by atoms with E-state index in [0.29, 0.717) is 10.7 Å². The van der Waals surface area contributed by atoms with Crippen molar-refractivity contribution in [2.75, 3.05) is 24.3 Å². The normalized spacial score (nSPS) is 10.3. The van der Waals surface area contributed by atoms with E-state index in [2.05, 4.69) is 20.8 Å². The Morgan fingerprint density at radius 2 is 2.26 bits per heavy atom. The van der Waals surface area contributed by atoms with Crippen LogP contribution in [-0.4, -0.2) is 40.2 Å². The molecule has 0 aliphatic carbocycles. The summed E-state index contributed by atoms with van der Waals surface area (Å²) in [4.78, 5) is 13.7. The Bertz CT molecular complexity index is 569. The number of aromatic nitrogens is 4. The van der Waals surface area contributed by atoms with Crippen LogP contribution < -0.4 is 10.2 Å². The fourth-order valence-electron chi connectivity index (χ4n) is 1.66. The van der Waals surface area contributed by atoms with Crippen molar-refractivity contribution < 1.29 is 4.79 Å². The van der Waals surface area contributed by atoms with E-state index in [-0.39, 0.29) is 12.5 Å². The second-order valence-corrected chi connectivity index (χ2v) is 4.49. The number of hydrogen-bond acceptors (Lipinski definition) is 5. The highest BCUT2D eigenvalue weighted by Gasteiger charge is 2.12. The van der Waals surface area contributed by atoms with Crippen molar-refractivity contribution in [1.82, 2.24) is 20.2 Å². The third-order valence-electron chi connectivity index (χ3n) is 2.41. The minimum absolute atomic E-state index is 0.0480. The van der Waals surface area contributed by atoms with Crippen LogP contribution in [0.1, 0.15) is 0 Å². The van der Waals surface area contributed by atoms with Gasteiger partial charge in [-0.3, -0.25) is 4.79 Å². The van der Waals surface area contributed by atoms with Gasteiger partial charge in [-0.25, -0.2) is 4.68 Å². The average molecular weight is 281 g/mol. The molecule has 1 amide bonds. The molecule has 0 aliphatic rings. The molecule has 0 atom stereocenters. The molecule has 1 aromatic carbocycles. The van der Waals surface area contributed by atoms with Gasteiger partial charge in [0.2, 0.25) is 5.91 Å². The van der Waals surface area contributed by atoms with E-state index >= 15 is 0 Å². The van der Waals surface area contributed by atoms with E-state index in [1.54, 1.807) is 18.2 Å². The summed E-state index contributed by atoms with van der Waals surface area (Å²) in [6, 6.07) is 5.34. The molecule has 0 spiro atoms. The van der Waals surface area contributed by atoms with Crippen LogP contribution in [0.25, 0.3) is 0 Å². The van der Waals surface area contributed by atoms with Crippen LogP contribution in [0.3, 0.4) is 0 Å². The van der Waals surface area contributed by atoms with Crippen LogP contribution in [-0.2, 0) is 11.3 Å². The highest BCUT2D eigenvalue weighted by Crippen LogP contribution is 2.32. The lowest BCUT2D eigenvalue weighted by Crippen LogP contribution is -2.21. The minimum Gasteiger partial charge on any atom is -0.375 e. The molecule has 0 saturated heterocycles. The van der Waals surface area contributed by atoms with Crippen LogP contribution in [0.2, 0.25) is 5.02 Å². The third kappa shape index (κ3) is 3.19. The van der Waals surface area contributed by atoms with Crippen molar-refractivity contribution in [3.05, 3.63) is 29.5 Å². The Hall–Kier alpha value is -2.15. The van der Waals surface area contributed by atoms with Crippen molar-refractivity contribution in [3.63, 3.8) is 0 Å². The van der Waals surface area contributed by atoms with Crippen LogP contribution in [0, 0.1) is 0 Å². The maximum absolute atomic E-state index is 11.9. The number of benzene rings is 1. The molecule has 0 saturated carbocycles. The number of halogens is 1. The zero-order chi connectivity index (χ0) is 13.8. The summed E-state index contributed by atoms with van der Waals surface area (Å²) in [5.41, 5.74) is 1.41. The number of carbonyl (C=O) groups is 1. The molecule has 7 nitrogen and oxygen atoms in total. The summed E-state index contributed by atoms with van der Waals surface area (Å²) in [6.07, 6.45) is 1.38. The number of carbonyl (C=O) groups excluding carboxylic acids is 1. The molecule has 1 heterocycles. The molecule has 100 valence electrons. The zero-order valence-electron chi connectivity index (χ0n) is 10.5. The summed E-state index contributed by atoms with van der Waals surface area (Å²) in [6.45, 7) is 0.0480. The van der Waals surface area contributed by atoms with Gasteiger partial charge in [0, 0.05) is 14.1 Å². The SMILES string of the molecule is CN(C)c1c(Cl)cccc1NC(=O)Cn1cnnn1. The van der Waals surface area contributed by atoms with Gasteiger partial charge in [-0.05, 0) is 22.6 Å². The molecule has 2 aromatic rings. The summed E-state index contributed by atoms with van der Waals surface area (Å²) < 4.78 is 1.34. The van der Waals surface area contributed by atoms with Crippen molar-refractivity contribution >= 4 is 28.9 Å². The summed E-state index contributed by atoms with van der Waals surface area (Å²) in [5.74, 6) is -0.224. The first kappa shape index (κ1) is 13.3. The van der Waals surface area contributed by atoms with Crippen LogP contribution >= 0.6 is 11.6 Å². The van der Waals surface area contributed by atoms with E-state index in [1.807, 2.05) is 19.0 Å². The number of rotatable bonds is 4. The van der Waals surface area contributed by atoms with Gasteiger partial charge in [-0.15, -0.1) is 5.10 Å². The standard InChI is InChI=1S/C11H13ClN6O/c1-17(2)11-8(12)4-3-5-9(11)14-10(19)6-18-7-13-15-16-18/h3-5,7H,6H2,1-2H3,(H,14,19). The molecule has 0 bridgehead atoms. The molecule has 1 aromatic heterocycles. The van der Waals surface area contributed by atoms with Crippen molar-refractivity contribution in [1.29, 1.82) is 0 Å². The van der Waals surface area contributed by atoms with Gasteiger partial charge in [0.1, 0.15) is 12.9 Å². The van der Waals surface area contributed by atoms with Gasteiger partial charge in [0.25, 0.3) is 0 Å². The number of anilines is 2. The second-order valence-electron chi connectivity index (χ2n) is 4.09. The Labute approximate surface area is 115 Å². The quantitative estimate of drug-likeness (QED) is 0.905. The highest BCUT2D eigenvalue weighted by molar-refractivity contribution is 6.34. The van der Waals surface area contributed by atoms with Crippen LogP contribution in [0.15, 0.2) is 24.5 Å². The van der Waals surface area contributed by atoms with E-state index in [9.17, 15) is 4.79 Å². The predicted molar refractivity (Wildman–Crippen MR) is 72.2 cm³/mol. The van der Waals surface area contributed by atoms with Crippen LogP contribution in [0.5, 0.6) is 0 Å². The molecule has 19 heavy (non-hydrogen) atoms. The molecule has 2 rings (SSSR count). The molecule has 0 fully saturated rings. The highest BCUT2D eigenvalue weighted by atomic mass is 35.5. The lowest BCUT2D eigenvalue weighted by Gasteiger charge is -2.19. The van der Waals surface area contributed by atoms with Gasteiger partial charge in [0.05, 0.1) is 16.4 Å². The van der Waals surface area contributed by atoms with Crippen molar-refractivity contribution in [3.8, 4) is 0 Å². The summed E-state index contributed by atoms with van der Waals surface area (Å²) >= 11 is 6.12. The minimum atomic E-state index is -0.224. The van der Waals surface area contributed by atoms with Gasteiger partial charge in [0.15, 0.2) is 0 Å². The number of nitrogens with zero attached hydrogens (tertiary/aromatic N) is 5. The molecule has 0 radical (unpaired) electrons. The average Bonchev–Trinajstić information content (AvgIpc) is 2.81. The Morgan fingerprint density at radius 3 is 2.89 bits per heavy atom. The molecule has 0 unspecified atom stereocenters. The first-order valence-corrected chi connectivity index (χ1v) is 5.92. The van der Waals surface area contributed by atoms with Crippen molar-refractivity contribution in [2.45, 2.75) is 6.54 Å². The monoisotopic (exact) mass is 280 g/mol. The van der Waals surface area contributed by atoms with Gasteiger partial charge >= 0.3 is 0 Å². The Kier molecular flexibility index (Phi) is 3.96. The lowest BCUT2D eigenvalue weighted by atomic mass is 10.2. The Balaban J connectivity index is 2.15. The third-order valence-corrected chi connectivity index (χ3v) is 2.71. The molecular formula is C11H13ClN6O. The zero-order valence-corrected chi connectivity index (χ0v) is 11.3. The number of para-hydroxylation sites is 1. The van der Waals surface area contributed by atoms with Crippen LogP contribution in [0.4, 0.5) is 11.4 Å². The summed E-state index contributed by atoms with van der Waals surface area (Å²) in [7, 11) is 3.72. The topological polar surface area (TPSA) is 75.9 Å². The number of amides is 1. The number of hydrogen-bond donors (Lipinski definition) is 1. The number of tetrazole rings is 1. The van der Waals surface area contributed by atoms with E-state index in [1.165, 1.54) is 11.0 Å². The van der Waals surface area contributed by atoms with Gasteiger partial charge in [-0.2, -0.15) is 0 Å². The van der Waals surface area contributed by atoms with E-state index in [0.717, 1.165) is 5.69 Å². The predicted octanol–water partition coefficient (Wildman–Crippen LogP) is 1.03. The van der Waals surface area contributed by atoms with Crippen molar-refractivity contribution in [2.24, 2.45) is 0 Å². The Morgan fingerprint density at radius 1 is 1.47 bits per heavy atom. The first-order valence-electron chi connectivity index (χ1n) is 5.54. The molecule has 8 heteroatoms. The number of nitrogens with one attached hydrogen (secondary N) is 1. The fourth-order valence-corrected chi connectivity index (χ4v) is 2.00. The molecular weight excluding hydrogens is 268 g/mol. The largest absolute Gasteiger partial charge is 0.375 e. The maximum Gasteiger partial charge on any atom is 0.246 e. The molecule has 1 N–H and O–H groups in total. The van der Waals surface area contributed by atoms with Gasteiger partial charge < -0.3 is 10.2 Å². The fraction of sp³-hybridized carbons (Fsp3) is 0.273. The maximum atomic E-state index is 11.9. The first-order chi connectivity index (χ1) is 9.08.